The van der Waals surface area contributed by atoms with Crippen molar-refractivity contribution in [3.05, 3.63) is 73.1 Å². The van der Waals surface area contributed by atoms with E-state index in [4.69, 9.17) is 4.98 Å². The van der Waals surface area contributed by atoms with Crippen LogP contribution in [0.15, 0.2) is 67.4 Å². The van der Waals surface area contributed by atoms with Crippen molar-refractivity contribution in [2.45, 2.75) is 26.2 Å². The van der Waals surface area contributed by atoms with Crippen LogP contribution in [-0.4, -0.2) is 40.6 Å². The number of hydrogen-bond acceptors (Lipinski definition) is 5. The van der Waals surface area contributed by atoms with Gasteiger partial charge in [0.05, 0.1) is 40.6 Å². The second-order valence-electron chi connectivity index (χ2n) is 9.59. The molecule has 7 rings (SSSR count). The summed E-state index contributed by atoms with van der Waals surface area (Å²) in [4.78, 5) is 29.5. The Labute approximate surface area is 212 Å². The second-order valence-corrected chi connectivity index (χ2v) is 9.59. The lowest BCUT2D eigenvalue weighted by Gasteiger charge is -2.24. The highest BCUT2D eigenvalue weighted by molar-refractivity contribution is 5.97. The molecule has 9 nitrogen and oxygen atoms in total. The normalized spacial score (nSPS) is 13.8. The molecule has 6 aromatic rings. The Hall–Kier alpha value is -4.79. The van der Waals surface area contributed by atoms with E-state index in [1.807, 2.05) is 54.1 Å². The number of H-pyrrole nitrogens is 2. The number of nitrogens with one attached hydrogen (secondary N) is 3. The van der Waals surface area contributed by atoms with Gasteiger partial charge in [0.25, 0.3) is 0 Å². The van der Waals surface area contributed by atoms with E-state index in [0.717, 1.165) is 69.4 Å². The summed E-state index contributed by atoms with van der Waals surface area (Å²) < 4.78 is 1.98. The second kappa shape index (κ2) is 8.41. The van der Waals surface area contributed by atoms with Crippen molar-refractivity contribution in [3.63, 3.8) is 0 Å². The number of hydrogen-bond donors (Lipinski definition) is 3. The molecule has 37 heavy (non-hydrogen) atoms. The van der Waals surface area contributed by atoms with Gasteiger partial charge in [0.1, 0.15) is 11.2 Å². The van der Waals surface area contributed by atoms with Gasteiger partial charge in [0.15, 0.2) is 5.82 Å². The summed E-state index contributed by atoms with van der Waals surface area (Å²) in [6, 6.07) is 14.1. The number of benzene rings is 2. The molecule has 4 aromatic heterocycles. The van der Waals surface area contributed by atoms with E-state index in [-0.39, 0.29) is 11.8 Å². The van der Waals surface area contributed by atoms with Gasteiger partial charge in [-0.1, -0.05) is 18.6 Å². The predicted octanol–water partition coefficient (Wildman–Crippen LogP) is 5.40. The first-order valence-corrected chi connectivity index (χ1v) is 12.4. The maximum absolute atomic E-state index is 12.4. The highest BCUT2D eigenvalue weighted by atomic mass is 16.1. The van der Waals surface area contributed by atoms with Gasteiger partial charge in [-0.15, -0.1) is 0 Å². The molecular weight excluding hydrogens is 464 g/mol. The molecule has 1 fully saturated rings. The molecule has 1 aliphatic carbocycles. The molecule has 182 valence electrons. The van der Waals surface area contributed by atoms with Crippen molar-refractivity contribution in [2.75, 3.05) is 5.32 Å². The van der Waals surface area contributed by atoms with Gasteiger partial charge >= 0.3 is 0 Å². The highest BCUT2D eigenvalue weighted by Crippen LogP contribution is 2.32. The van der Waals surface area contributed by atoms with Crippen molar-refractivity contribution in [3.8, 4) is 28.3 Å². The number of nitrogens with zero attached hydrogens (tertiary/aromatic N) is 5. The van der Waals surface area contributed by atoms with Crippen LogP contribution < -0.4 is 5.32 Å². The van der Waals surface area contributed by atoms with Gasteiger partial charge < -0.3 is 14.9 Å². The topological polar surface area (TPSA) is 117 Å². The molecule has 4 heterocycles. The summed E-state index contributed by atoms with van der Waals surface area (Å²) in [5.74, 6) is 0.880. The number of para-hydroxylation sites is 1. The van der Waals surface area contributed by atoms with Crippen LogP contribution >= 0.6 is 0 Å². The van der Waals surface area contributed by atoms with Gasteiger partial charge in [0, 0.05) is 29.3 Å². The number of amides is 1. The van der Waals surface area contributed by atoms with Crippen LogP contribution in [0.2, 0.25) is 0 Å². The summed E-state index contributed by atoms with van der Waals surface area (Å²) in [5.41, 5.74) is 7.92. The Kier molecular flexibility index (Phi) is 4.88. The Balaban J connectivity index is 1.26. The number of aryl methyl sites for hydroxylation is 1. The Morgan fingerprint density at radius 2 is 2.00 bits per heavy atom. The number of anilines is 1. The highest BCUT2D eigenvalue weighted by Gasteiger charge is 2.25. The van der Waals surface area contributed by atoms with E-state index >= 15 is 0 Å². The number of carbonyl (C=O) groups excluding carboxylic acids is 1. The number of imidazole rings is 2. The van der Waals surface area contributed by atoms with E-state index < -0.39 is 0 Å². The lowest BCUT2D eigenvalue weighted by atomic mass is 9.85. The molecule has 0 atom stereocenters. The number of aromatic nitrogens is 7. The molecular formula is C28H24N8O. The minimum atomic E-state index is 0.0767. The zero-order valence-corrected chi connectivity index (χ0v) is 20.2. The third-order valence-electron chi connectivity index (χ3n) is 7.08. The summed E-state index contributed by atoms with van der Waals surface area (Å²) in [7, 11) is 0. The number of pyridine rings is 1. The Morgan fingerprint density at radius 1 is 1.08 bits per heavy atom. The summed E-state index contributed by atoms with van der Waals surface area (Å²) >= 11 is 0. The fourth-order valence-electron chi connectivity index (χ4n) is 4.85. The van der Waals surface area contributed by atoms with Crippen LogP contribution in [0.3, 0.4) is 0 Å². The first kappa shape index (κ1) is 21.5. The van der Waals surface area contributed by atoms with Crippen LogP contribution in [0.5, 0.6) is 0 Å². The van der Waals surface area contributed by atoms with Crippen molar-refractivity contribution in [2.24, 2.45) is 5.92 Å². The van der Waals surface area contributed by atoms with Crippen LogP contribution in [0.1, 0.15) is 25.0 Å². The van der Waals surface area contributed by atoms with Crippen LogP contribution in [0, 0.1) is 12.8 Å². The monoisotopic (exact) mass is 488 g/mol. The zero-order valence-electron chi connectivity index (χ0n) is 20.2. The average Bonchev–Trinajstić information content (AvgIpc) is 3.60. The van der Waals surface area contributed by atoms with E-state index in [1.54, 1.807) is 18.7 Å². The largest absolute Gasteiger partial charge is 0.336 e. The minimum Gasteiger partial charge on any atom is -0.336 e. The summed E-state index contributed by atoms with van der Waals surface area (Å²) in [5, 5.41) is 11.7. The van der Waals surface area contributed by atoms with E-state index in [2.05, 4.69) is 36.5 Å². The number of aromatic amines is 2. The molecule has 0 spiro atoms. The lowest BCUT2D eigenvalue weighted by molar-refractivity contribution is -0.122. The molecule has 1 amide bonds. The summed E-state index contributed by atoms with van der Waals surface area (Å²) in [6.07, 6.45) is 10.3. The van der Waals surface area contributed by atoms with Crippen molar-refractivity contribution in [1.29, 1.82) is 0 Å². The third kappa shape index (κ3) is 3.76. The number of rotatable bonds is 5. The zero-order chi connectivity index (χ0) is 24.9. The molecule has 3 N–H and O–H groups in total. The van der Waals surface area contributed by atoms with Gasteiger partial charge in [0.2, 0.25) is 5.91 Å². The summed E-state index contributed by atoms with van der Waals surface area (Å²) in [6.45, 7) is 1.97. The number of fused-ring (bicyclic) bond motifs is 2. The van der Waals surface area contributed by atoms with E-state index in [9.17, 15) is 4.79 Å². The van der Waals surface area contributed by atoms with Crippen LogP contribution in [-0.2, 0) is 4.79 Å². The maximum atomic E-state index is 12.4. The average molecular weight is 489 g/mol. The first-order chi connectivity index (χ1) is 18.1. The van der Waals surface area contributed by atoms with Gasteiger partial charge in [-0.3, -0.25) is 14.9 Å². The smallest absolute Gasteiger partial charge is 0.227 e. The fraction of sp³-hybridized carbons (Fsp3) is 0.179. The molecule has 0 unspecified atom stereocenters. The SMILES string of the molecule is Cc1cn(-c2cccc3[nH]c(-c4n[nH]c5ccc(-c6cncc(NC(=O)C7CCC7)c6)cc45)nc23)cn1. The number of carbonyl (C=O) groups is 1. The van der Waals surface area contributed by atoms with Gasteiger partial charge in [-0.2, -0.15) is 5.10 Å². The molecule has 0 saturated heterocycles. The van der Waals surface area contributed by atoms with Crippen molar-refractivity contribution < 1.29 is 4.79 Å². The molecule has 9 heteroatoms. The minimum absolute atomic E-state index is 0.0767. The molecule has 0 aliphatic heterocycles. The van der Waals surface area contributed by atoms with Crippen LogP contribution in [0.4, 0.5) is 5.69 Å². The molecule has 0 bridgehead atoms. The first-order valence-electron chi connectivity index (χ1n) is 12.4. The molecule has 1 saturated carbocycles. The lowest BCUT2D eigenvalue weighted by Crippen LogP contribution is -2.28. The van der Waals surface area contributed by atoms with Crippen molar-refractivity contribution >= 4 is 33.5 Å². The van der Waals surface area contributed by atoms with Crippen LogP contribution in [0.25, 0.3) is 50.3 Å². The fourth-order valence-corrected chi connectivity index (χ4v) is 4.85. The molecule has 2 aromatic carbocycles. The third-order valence-corrected chi connectivity index (χ3v) is 7.08. The quantitative estimate of drug-likeness (QED) is 0.300. The van der Waals surface area contributed by atoms with E-state index in [0.29, 0.717) is 11.5 Å². The molecule has 0 radical (unpaired) electrons. The predicted molar refractivity (Wildman–Crippen MR) is 142 cm³/mol. The maximum Gasteiger partial charge on any atom is 0.227 e. The van der Waals surface area contributed by atoms with Gasteiger partial charge in [-0.25, -0.2) is 9.97 Å². The van der Waals surface area contributed by atoms with Crippen molar-refractivity contribution in [1.82, 2.24) is 34.7 Å². The van der Waals surface area contributed by atoms with E-state index in [1.165, 1.54) is 0 Å². The standard InChI is InChI=1S/C28H24N8O/c1-16-14-36(15-30-16)24-7-3-6-23-26(24)33-27(32-23)25-21-11-18(8-9-22(21)34-35-25)19-10-20(13-29-12-19)31-28(37)17-4-2-5-17/h3,6-15,17H,2,4-5H2,1H3,(H,31,37)(H,32,33)(H,34,35). The Morgan fingerprint density at radius 3 is 2.81 bits per heavy atom. The Bertz CT molecular complexity index is 1790. The van der Waals surface area contributed by atoms with Gasteiger partial charge in [-0.05, 0) is 55.7 Å². The molecule has 1 aliphatic rings.